The summed E-state index contributed by atoms with van der Waals surface area (Å²) in [5.41, 5.74) is 1.42. The molecule has 1 fully saturated rings. The third kappa shape index (κ3) is 3.07. The van der Waals surface area contributed by atoms with Crippen LogP contribution in [0.15, 0.2) is 11.4 Å². The second-order valence-electron chi connectivity index (χ2n) is 4.88. The van der Waals surface area contributed by atoms with E-state index in [2.05, 4.69) is 48.0 Å². The summed E-state index contributed by atoms with van der Waals surface area (Å²) in [6.07, 6.45) is 1.18. The molecule has 1 saturated heterocycles. The van der Waals surface area contributed by atoms with E-state index in [9.17, 15) is 0 Å². The van der Waals surface area contributed by atoms with Gasteiger partial charge < -0.3 is 15.5 Å². The average Bonchev–Trinajstić information content (AvgIpc) is 2.75. The lowest BCUT2D eigenvalue weighted by atomic mass is 10.0. The van der Waals surface area contributed by atoms with E-state index in [1.165, 1.54) is 16.9 Å². The highest BCUT2D eigenvalue weighted by Gasteiger charge is 2.23. The number of piperazine rings is 1. The van der Waals surface area contributed by atoms with Crippen molar-refractivity contribution in [3.8, 4) is 0 Å². The first kappa shape index (κ1) is 13.0. The van der Waals surface area contributed by atoms with Crippen LogP contribution in [0.25, 0.3) is 0 Å². The maximum Gasteiger partial charge on any atom is 0.0430 e. The van der Waals surface area contributed by atoms with Gasteiger partial charge in [0.2, 0.25) is 0 Å². The summed E-state index contributed by atoms with van der Waals surface area (Å²) in [6.45, 7) is 5.60. The number of hydrogen-bond acceptors (Lipinski definition) is 4. The van der Waals surface area contributed by atoms with Crippen molar-refractivity contribution in [2.75, 3.05) is 33.7 Å². The largest absolute Gasteiger partial charge is 0.314 e. The first-order valence-corrected chi connectivity index (χ1v) is 7.22. The molecule has 3 nitrogen and oxygen atoms in total. The number of rotatable bonds is 4. The molecule has 96 valence electrons. The average molecular weight is 253 g/mol. The molecule has 0 saturated carbocycles. The Labute approximate surface area is 108 Å². The molecule has 1 aliphatic rings. The Balaban J connectivity index is 2.02. The Kier molecular flexibility index (Phi) is 4.56. The van der Waals surface area contributed by atoms with E-state index in [1.54, 1.807) is 0 Å². The number of thiophene rings is 1. The highest BCUT2D eigenvalue weighted by Crippen LogP contribution is 2.28. The van der Waals surface area contributed by atoms with E-state index in [1.807, 2.05) is 11.3 Å². The second kappa shape index (κ2) is 5.96. The van der Waals surface area contributed by atoms with Gasteiger partial charge in [-0.05, 0) is 44.4 Å². The lowest BCUT2D eigenvalue weighted by Crippen LogP contribution is -2.50. The highest BCUT2D eigenvalue weighted by atomic mass is 32.1. The zero-order valence-corrected chi connectivity index (χ0v) is 11.8. The van der Waals surface area contributed by atoms with Crippen LogP contribution in [0, 0.1) is 6.92 Å². The number of hydrogen-bond donors (Lipinski definition) is 2. The van der Waals surface area contributed by atoms with Crippen LogP contribution in [0.2, 0.25) is 0 Å². The summed E-state index contributed by atoms with van der Waals surface area (Å²) in [5, 5.41) is 9.15. The number of likely N-dealkylation sites (N-methyl/N-ethyl adjacent to an activating group) is 1. The topological polar surface area (TPSA) is 27.3 Å². The minimum Gasteiger partial charge on any atom is -0.314 e. The molecule has 2 heterocycles. The van der Waals surface area contributed by atoms with Crippen LogP contribution in [0.3, 0.4) is 0 Å². The number of aryl methyl sites for hydroxylation is 1. The number of nitrogens with one attached hydrogen (secondary N) is 2. The van der Waals surface area contributed by atoms with E-state index in [0.29, 0.717) is 12.1 Å². The van der Waals surface area contributed by atoms with Crippen molar-refractivity contribution < 1.29 is 0 Å². The predicted molar refractivity (Wildman–Crippen MR) is 74.8 cm³/mol. The minimum absolute atomic E-state index is 0.488. The first-order valence-electron chi connectivity index (χ1n) is 6.34. The Morgan fingerprint density at radius 3 is 3.06 bits per heavy atom. The third-order valence-corrected chi connectivity index (χ3v) is 4.85. The predicted octanol–water partition coefficient (Wildman–Crippen LogP) is 1.61. The van der Waals surface area contributed by atoms with E-state index in [-0.39, 0.29) is 0 Å². The molecular formula is C13H23N3S. The lowest BCUT2D eigenvalue weighted by molar-refractivity contribution is 0.178. The smallest absolute Gasteiger partial charge is 0.0430 e. The second-order valence-corrected chi connectivity index (χ2v) is 5.83. The van der Waals surface area contributed by atoms with Crippen molar-refractivity contribution in [1.29, 1.82) is 0 Å². The van der Waals surface area contributed by atoms with E-state index < -0.39 is 0 Å². The van der Waals surface area contributed by atoms with Crippen molar-refractivity contribution >= 4 is 11.3 Å². The molecular weight excluding hydrogens is 230 g/mol. The molecule has 1 aliphatic heterocycles. The molecule has 0 aromatic carbocycles. The molecule has 0 aliphatic carbocycles. The third-order valence-electron chi connectivity index (χ3n) is 3.72. The van der Waals surface area contributed by atoms with Crippen LogP contribution in [-0.2, 0) is 0 Å². The molecule has 2 N–H and O–H groups in total. The number of nitrogens with zero attached hydrogens (tertiary/aromatic N) is 1. The Morgan fingerprint density at radius 1 is 1.65 bits per heavy atom. The molecule has 1 aromatic heterocycles. The summed E-state index contributed by atoms with van der Waals surface area (Å²) in [6, 6.07) is 3.35. The summed E-state index contributed by atoms with van der Waals surface area (Å²) < 4.78 is 0. The molecule has 0 radical (unpaired) electrons. The fraction of sp³-hybridized carbons (Fsp3) is 0.692. The van der Waals surface area contributed by atoms with Crippen LogP contribution in [0.4, 0.5) is 0 Å². The Hall–Kier alpha value is -0.420. The zero-order chi connectivity index (χ0) is 12.3. The summed E-state index contributed by atoms with van der Waals surface area (Å²) in [7, 11) is 4.31. The van der Waals surface area contributed by atoms with Crippen LogP contribution < -0.4 is 10.6 Å². The van der Waals surface area contributed by atoms with Crippen LogP contribution >= 0.6 is 11.3 Å². The highest BCUT2D eigenvalue weighted by molar-refractivity contribution is 7.10. The van der Waals surface area contributed by atoms with Gasteiger partial charge in [0.15, 0.2) is 0 Å². The van der Waals surface area contributed by atoms with Gasteiger partial charge in [0, 0.05) is 36.6 Å². The van der Waals surface area contributed by atoms with Gasteiger partial charge in [0.05, 0.1) is 0 Å². The van der Waals surface area contributed by atoms with E-state index >= 15 is 0 Å². The molecule has 0 bridgehead atoms. The molecule has 2 rings (SSSR count). The summed E-state index contributed by atoms with van der Waals surface area (Å²) >= 11 is 1.87. The van der Waals surface area contributed by atoms with Crippen LogP contribution in [-0.4, -0.2) is 44.7 Å². The van der Waals surface area contributed by atoms with Gasteiger partial charge in [-0.15, -0.1) is 11.3 Å². The summed E-state index contributed by atoms with van der Waals surface area (Å²) in [4.78, 5) is 3.97. The van der Waals surface area contributed by atoms with Gasteiger partial charge in [-0.3, -0.25) is 0 Å². The van der Waals surface area contributed by atoms with Gasteiger partial charge in [0.1, 0.15) is 0 Å². The van der Waals surface area contributed by atoms with Gasteiger partial charge in [-0.2, -0.15) is 0 Å². The molecule has 2 atom stereocenters. The molecule has 1 aromatic rings. The maximum absolute atomic E-state index is 3.49. The van der Waals surface area contributed by atoms with E-state index in [4.69, 9.17) is 0 Å². The zero-order valence-electron chi connectivity index (χ0n) is 11.0. The first-order chi connectivity index (χ1) is 8.22. The SMILES string of the molecule is CNC(CC1CNCCN1C)c1sccc1C. The van der Waals surface area contributed by atoms with Crippen molar-refractivity contribution in [2.24, 2.45) is 0 Å². The van der Waals surface area contributed by atoms with Crippen LogP contribution in [0.1, 0.15) is 22.9 Å². The maximum atomic E-state index is 3.49. The van der Waals surface area contributed by atoms with Gasteiger partial charge >= 0.3 is 0 Å². The van der Waals surface area contributed by atoms with Crippen molar-refractivity contribution in [3.05, 3.63) is 21.9 Å². The quantitative estimate of drug-likeness (QED) is 0.854. The Bertz CT molecular complexity index is 350. The monoisotopic (exact) mass is 253 g/mol. The van der Waals surface area contributed by atoms with Gasteiger partial charge in [0.25, 0.3) is 0 Å². The van der Waals surface area contributed by atoms with E-state index in [0.717, 1.165) is 19.6 Å². The molecule has 0 spiro atoms. The fourth-order valence-electron chi connectivity index (χ4n) is 2.50. The molecule has 17 heavy (non-hydrogen) atoms. The van der Waals surface area contributed by atoms with Crippen molar-refractivity contribution in [1.82, 2.24) is 15.5 Å². The molecule has 0 amide bonds. The summed E-state index contributed by atoms with van der Waals surface area (Å²) in [5.74, 6) is 0. The van der Waals surface area contributed by atoms with Gasteiger partial charge in [-0.1, -0.05) is 0 Å². The standard InChI is InChI=1S/C13H23N3S/c1-10-4-7-17-13(10)12(14-2)8-11-9-15-5-6-16(11)3/h4,7,11-12,14-15H,5-6,8-9H2,1-3H3. The normalized spacial score (nSPS) is 23.8. The lowest BCUT2D eigenvalue weighted by Gasteiger charge is -2.35. The molecule has 4 heteroatoms. The minimum atomic E-state index is 0.488. The molecule has 2 unspecified atom stereocenters. The van der Waals surface area contributed by atoms with Gasteiger partial charge in [-0.25, -0.2) is 0 Å². The van der Waals surface area contributed by atoms with Crippen LogP contribution in [0.5, 0.6) is 0 Å². The Morgan fingerprint density at radius 2 is 2.47 bits per heavy atom. The van der Waals surface area contributed by atoms with Crippen molar-refractivity contribution in [3.63, 3.8) is 0 Å². The van der Waals surface area contributed by atoms with Crippen molar-refractivity contribution in [2.45, 2.75) is 25.4 Å². The fourth-order valence-corrected chi connectivity index (χ4v) is 3.55.